The Hall–Kier alpha value is -0.770. The molecule has 0 aromatic heterocycles. The molecule has 4 heteroatoms. The molecule has 0 spiro atoms. The first kappa shape index (κ1) is 13.3. The van der Waals surface area contributed by atoms with Crippen molar-refractivity contribution < 1.29 is 14.6 Å². The summed E-state index contributed by atoms with van der Waals surface area (Å²) >= 11 is 5.42. The predicted octanol–water partition coefficient (Wildman–Crippen LogP) is 1.99. The van der Waals surface area contributed by atoms with Crippen molar-refractivity contribution in [3.05, 3.63) is 29.8 Å². The van der Waals surface area contributed by atoms with E-state index in [1.54, 1.807) is 0 Å². The van der Waals surface area contributed by atoms with E-state index < -0.39 is 6.10 Å². The highest BCUT2D eigenvalue weighted by Crippen LogP contribution is 2.11. The van der Waals surface area contributed by atoms with Crippen LogP contribution >= 0.6 is 11.6 Å². The first-order chi connectivity index (χ1) is 7.72. The topological polar surface area (TPSA) is 38.7 Å². The number of halogens is 1. The molecule has 1 aromatic rings. The van der Waals surface area contributed by atoms with Gasteiger partial charge in [0.05, 0.1) is 25.2 Å². The highest BCUT2D eigenvalue weighted by Gasteiger charge is 2.01. The Morgan fingerprint density at radius 2 is 2.19 bits per heavy atom. The van der Waals surface area contributed by atoms with Crippen molar-refractivity contribution in [2.24, 2.45) is 0 Å². The molecule has 0 saturated carbocycles. The summed E-state index contributed by atoms with van der Waals surface area (Å²) in [5.74, 6) is 1.03. The van der Waals surface area contributed by atoms with Gasteiger partial charge in [0.2, 0.25) is 0 Å². The lowest BCUT2D eigenvalue weighted by Gasteiger charge is -2.09. The average molecular weight is 245 g/mol. The monoisotopic (exact) mass is 244 g/mol. The second-order valence-corrected chi connectivity index (χ2v) is 3.86. The molecule has 1 rings (SSSR count). The number of alkyl halides is 1. The maximum atomic E-state index is 9.11. The molecule has 0 radical (unpaired) electrons. The number of rotatable bonds is 7. The van der Waals surface area contributed by atoms with Crippen LogP contribution in [0, 0.1) is 6.92 Å². The SMILES string of the molecule is Cc1cccc(OCCOCC(O)CCl)c1. The fraction of sp³-hybridized carbons (Fsp3) is 0.500. The van der Waals surface area contributed by atoms with Crippen molar-refractivity contribution in [1.82, 2.24) is 0 Å². The summed E-state index contributed by atoms with van der Waals surface area (Å²) in [6.45, 7) is 3.18. The summed E-state index contributed by atoms with van der Waals surface area (Å²) in [6, 6.07) is 7.83. The molecule has 90 valence electrons. The molecule has 16 heavy (non-hydrogen) atoms. The maximum Gasteiger partial charge on any atom is 0.119 e. The number of benzene rings is 1. The van der Waals surface area contributed by atoms with E-state index >= 15 is 0 Å². The van der Waals surface area contributed by atoms with Gasteiger partial charge in [0, 0.05) is 0 Å². The van der Waals surface area contributed by atoms with Gasteiger partial charge in [-0.1, -0.05) is 12.1 Å². The van der Waals surface area contributed by atoms with Crippen LogP contribution in [0.5, 0.6) is 5.75 Å². The van der Waals surface area contributed by atoms with E-state index in [4.69, 9.17) is 26.2 Å². The zero-order valence-electron chi connectivity index (χ0n) is 9.36. The standard InChI is InChI=1S/C12H17ClO3/c1-10-3-2-4-12(7-10)16-6-5-15-9-11(14)8-13/h2-4,7,11,14H,5-6,8-9H2,1H3. The van der Waals surface area contributed by atoms with Crippen LogP contribution in [0.2, 0.25) is 0 Å². The molecule has 0 heterocycles. The van der Waals surface area contributed by atoms with Crippen LogP contribution in [-0.4, -0.2) is 36.9 Å². The Morgan fingerprint density at radius 1 is 1.38 bits per heavy atom. The van der Waals surface area contributed by atoms with Gasteiger partial charge in [-0.05, 0) is 24.6 Å². The van der Waals surface area contributed by atoms with Gasteiger partial charge in [-0.25, -0.2) is 0 Å². The summed E-state index contributed by atoms with van der Waals surface area (Å²) in [5, 5.41) is 9.11. The first-order valence-corrected chi connectivity index (χ1v) is 5.77. The number of aliphatic hydroxyl groups excluding tert-OH is 1. The van der Waals surface area contributed by atoms with Crippen molar-refractivity contribution >= 4 is 11.6 Å². The van der Waals surface area contributed by atoms with E-state index in [-0.39, 0.29) is 12.5 Å². The van der Waals surface area contributed by atoms with Crippen LogP contribution < -0.4 is 4.74 Å². The fourth-order valence-corrected chi connectivity index (χ4v) is 1.28. The van der Waals surface area contributed by atoms with Crippen LogP contribution in [-0.2, 0) is 4.74 Å². The summed E-state index contributed by atoms with van der Waals surface area (Å²) in [7, 11) is 0. The molecular formula is C12H17ClO3. The van der Waals surface area contributed by atoms with E-state index in [9.17, 15) is 0 Å². The molecule has 3 nitrogen and oxygen atoms in total. The molecule has 0 amide bonds. The minimum absolute atomic E-state index is 0.193. The lowest BCUT2D eigenvalue weighted by molar-refractivity contribution is 0.0343. The molecule has 1 aromatic carbocycles. The molecule has 1 N–H and O–H groups in total. The van der Waals surface area contributed by atoms with Crippen molar-refractivity contribution in [3.8, 4) is 5.75 Å². The zero-order chi connectivity index (χ0) is 11.8. The molecule has 1 unspecified atom stereocenters. The molecule has 0 aliphatic heterocycles. The van der Waals surface area contributed by atoms with Gasteiger partial charge < -0.3 is 14.6 Å². The minimum atomic E-state index is -0.597. The predicted molar refractivity (Wildman–Crippen MR) is 64.2 cm³/mol. The lowest BCUT2D eigenvalue weighted by Crippen LogP contribution is -2.19. The van der Waals surface area contributed by atoms with Gasteiger partial charge in [-0.15, -0.1) is 11.6 Å². The van der Waals surface area contributed by atoms with E-state index in [0.717, 1.165) is 11.3 Å². The average Bonchev–Trinajstić information content (AvgIpc) is 2.28. The lowest BCUT2D eigenvalue weighted by atomic mass is 10.2. The summed E-state index contributed by atoms with van der Waals surface area (Å²) in [6.07, 6.45) is -0.597. The van der Waals surface area contributed by atoms with E-state index in [1.807, 2.05) is 31.2 Å². The number of hydrogen-bond donors (Lipinski definition) is 1. The fourth-order valence-electron chi connectivity index (χ4n) is 1.19. The Balaban J connectivity index is 2.12. The summed E-state index contributed by atoms with van der Waals surface area (Å²) < 4.78 is 10.6. The third kappa shape index (κ3) is 5.35. The minimum Gasteiger partial charge on any atom is -0.491 e. The van der Waals surface area contributed by atoms with Gasteiger partial charge in [0.25, 0.3) is 0 Å². The van der Waals surface area contributed by atoms with Crippen LogP contribution in [0.1, 0.15) is 5.56 Å². The summed E-state index contributed by atoms with van der Waals surface area (Å²) in [5.41, 5.74) is 1.16. The van der Waals surface area contributed by atoms with Crippen molar-refractivity contribution in [2.45, 2.75) is 13.0 Å². The van der Waals surface area contributed by atoms with E-state index in [1.165, 1.54) is 0 Å². The number of aliphatic hydroxyl groups is 1. The quantitative estimate of drug-likeness (QED) is 0.589. The Labute approximate surface area is 101 Å². The van der Waals surface area contributed by atoms with Crippen LogP contribution in [0.3, 0.4) is 0 Å². The zero-order valence-corrected chi connectivity index (χ0v) is 10.1. The molecule has 1 atom stereocenters. The van der Waals surface area contributed by atoms with E-state index in [0.29, 0.717) is 13.2 Å². The van der Waals surface area contributed by atoms with Gasteiger partial charge in [0.1, 0.15) is 12.4 Å². The third-order valence-electron chi connectivity index (χ3n) is 1.97. The van der Waals surface area contributed by atoms with Crippen LogP contribution in [0.25, 0.3) is 0 Å². The van der Waals surface area contributed by atoms with Gasteiger partial charge in [-0.3, -0.25) is 0 Å². The number of aryl methyl sites for hydroxylation is 1. The van der Waals surface area contributed by atoms with Crippen LogP contribution in [0.4, 0.5) is 0 Å². The van der Waals surface area contributed by atoms with Gasteiger partial charge >= 0.3 is 0 Å². The Kier molecular flexibility index (Phi) is 6.23. The summed E-state index contributed by atoms with van der Waals surface area (Å²) in [4.78, 5) is 0. The van der Waals surface area contributed by atoms with Crippen molar-refractivity contribution in [1.29, 1.82) is 0 Å². The Bertz CT molecular complexity index is 304. The normalized spacial score (nSPS) is 12.4. The van der Waals surface area contributed by atoms with Gasteiger partial charge in [0.15, 0.2) is 0 Å². The molecule has 0 bridgehead atoms. The number of hydrogen-bond acceptors (Lipinski definition) is 3. The smallest absolute Gasteiger partial charge is 0.119 e. The van der Waals surface area contributed by atoms with Gasteiger partial charge in [-0.2, -0.15) is 0 Å². The first-order valence-electron chi connectivity index (χ1n) is 5.23. The van der Waals surface area contributed by atoms with Crippen LogP contribution in [0.15, 0.2) is 24.3 Å². The second-order valence-electron chi connectivity index (χ2n) is 3.55. The molecule has 0 fully saturated rings. The Morgan fingerprint density at radius 3 is 2.88 bits per heavy atom. The third-order valence-corrected chi connectivity index (χ3v) is 2.33. The van der Waals surface area contributed by atoms with E-state index in [2.05, 4.69) is 0 Å². The maximum absolute atomic E-state index is 9.11. The van der Waals surface area contributed by atoms with Crippen molar-refractivity contribution in [2.75, 3.05) is 25.7 Å². The molecular weight excluding hydrogens is 228 g/mol. The second kappa shape index (κ2) is 7.49. The largest absolute Gasteiger partial charge is 0.491 e. The highest BCUT2D eigenvalue weighted by molar-refractivity contribution is 6.18. The molecule has 0 aliphatic carbocycles. The van der Waals surface area contributed by atoms with Crippen molar-refractivity contribution in [3.63, 3.8) is 0 Å². The molecule has 0 saturated heterocycles. The molecule has 0 aliphatic rings. The number of ether oxygens (including phenoxy) is 2. The highest BCUT2D eigenvalue weighted by atomic mass is 35.5.